The lowest BCUT2D eigenvalue weighted by atomic mass is 9.86. The molecule has 0 saturated carbocycles. The Balaban J connectivity index is 2.16. The van der Waals surface area contributed by atoms with Crippen LogP contribution >= 0.6 is 0 Å². The van der Waals surface area contributed by atoms with Gasteiger partial charge in [0.2, 0.25) is 5.78 Å². The van der Waals surface area contributed by atoms with E-state index in [4.69, 9.17) is 4.52 Å². The maximum Gasteiger partial charge on any atom is 0.290 e. The van der Waals surface area contributed by atoms with Gasteiger partial charge >= 0.3 is 0 Å². The largest absolute Gasteiger partial charge is 0.361 e. The summed E-state index contributed by atoms with van der Waals surface area (Å²) in [6, 6.07) is 7.39. The number of aromatic nitrogens is 1. The Bertz CT molecular complexity index is 849. The van der Waals surface area contributed by atoms with Crippen molar-refractivity contribution in [1.82, 2.24) is 10.1 Å². The van der Waals surface area contributed by atoms with Crippen LogP contribution < -0.4 is 0 Å². The van der Waals surface area contributed by atoms with E-state index in [2.05, 4.69) is 10.1 Å². The Kier molecular flexibility index (Phi) is 4.05. The summed E-state index contributed by atoms with van der Waals surface area (Å²) in [5.41, 5.74) is 3.48. The predicted molar refractivity (Wildman–Crippen MR) is 89.7 cm³/mol. The Labute approximate surface area is 140 Å². The second-order valence-corrected chi connectivity index (χ2v) is 5.97. The van der Waals surface area contributed by atoms with Crippen molar-refractivity contribution in [1.29, 1.82) is 0 Å². The number of likely N-dealkylation sites (N-methyl/N-ethyl adjacent to an activating group) is 1. The Morgan fingerprint density at radius 2 is 1.96 bits per heavy atom. The average Bonchev–Trinajstić information content (AvgIpc) is 3.12. The van der Waals surface area contributed by atoms with Crippen LogP contribution in [0.1, 0.15) is 35.4 Å². The monoisotopic (exact) mass is 325 g/mol. The molecule has 0 spiro atoms. The molecule has 0 bridgehead atoms. The van der Waals surface area contributed by atoms with Gasteiger partial charge in [0, 0.05) is 14.1 Å². The van der Waals surface area contributed by atoms with Gasteiger partial charge < -0.3 is 9.42 Å². The van der Waals surface area contributed by atoms with Gasteiger partial charge in [-0.15, -0.1) is 0 Å². The van der Waals surface area contributed by atoms with Crippen LogP contribution in [0, 0.1) is 6.92 Å². The number of fused-ring (bicyclic) bond motifs is 1. The summed E-state index contributed by atoms with van der Waals surface area (Å²) < 4.78 is 5.30. The quantitative estimate of drug-likeness (QED) is 0.809. The van der Waals surface area contributed by atoms with Crippen LogP contribution in [0.4, 0.5) is 5.69 Å². The molecule has 1 aromatic carbocycles. The van der Waals surface area contributed by atoms with Crippen molar-refractivity contribution < 1.29 is 14.1 Å². The lowest BCUT2D eigenvalue weighted by Crippen LogP contribution is -2.36. The number of amides is 1. The highest BCUT2D eigenvalue weighted by Gasteiger charge is 2.40. The molecule has 1 amide bonds. The molecule has 0 fully saturated rings. The molecule has 3 rings (SSSR count). The van der Waals surface area contributed by atoms with Crippen LogP contribution in [0.3, 0.4) is 0 Å². The fourth-order valence-corrected chi connectivity index (χ4v) is 2.97. The topological polar surface area (TPSA) is 75.8 Å². The van der Waals surface area contributed by atoms with Gasteiger partial charge in [-0.3, -0.25) is 14.6 Å². The third-order valence-electron chi connectivity index (χ3n) is 4.17. The smallest absolute Gasteiger partial charge is 0.290 e. The number of carbonyl (C=O) groups excluding carboxylic acids is 2. The molecule has 2 heterocycles. The molecule has 0 radical (unpaired) electrons. The number of aliphatic imine (C=N–C) groups is 1. The number of Topliss-reactive ketones (excluding diaryl/α,β-unsaturated/α-hetero) is 1. The van der Waals surface area contributed by atoms with Crippen molar-refractivity contribution in [2.45, 2.75) is 26.2 Å². The lowest BCUT2D eigenvalue weighted by Gasteiger charge is -2.16. The summed E-state index contributed by atoms with van der Waals surface area (Å²) in [5.74, 6) is -1.16. The second-order valence-electron chi connectivity index (χ2n) is 5.97. The van der Waals surface area contributed by atoms with Crippen LogP contribution in [-0.4, -0.2) is 41.6 Å². The normalized spacial score (nSPS) is 15.8. The van der Waals surface area contributed by atoms with E-state index in [1.807, 2.05) is 31.2 Å². The van der Waals surface area contributed by atoms with Crippen molar-refractivity contribution in [3.05, 3.63) is 46.8 Å². The highest BCUT2D eigenvalue weighted by Crippen LogP contribution is 2.39. The first kappa shape index (κ1) is 16.1. The molecule has 1 aliphatic heterocycles. The third-order valence-corrected chi connectivity index (χ3v) is 4.17. The molecular weight excluding hydrogens is 306 g/mol. The molecule has 0 aliphatic carbocycles. The summed E-state index contributed by atoms with van der Waals surface area (Å²) in [4.78, 5) is 31.0. The molecule has 0 saturated heterocycles. The SMILES string of the molecule is CCc1noc(C)c1C1=Nc2ccccc2[C@@H]1C(=O)C(=O)N(C)C. The van der Waals surface area contributed by atoms with Gasteiger partial charge in [-0.1, -0.05) is 30.3 Å². The number of carbonyl (C=O) groups is 2. The second kappa shape index (κ2) is 6.03. The Morgan fingerprint density at radius 3 is 2.62 bits per heavy atom. The number of hydrogen-bond donors (Lipinski definition) is 0. The zero-order chi connectivity index (χ0) is 17.4. The maximum absolute atomic E-state index is 12.8. The van der Waals surface area contributed by atoms with Gasteiger partial charge in [-0.2, -0.15) is 0 Å². The van der Waals surface area contributed by atoms with Crippen molar-refractivity contribution in [2.75, 3.05) is 14.1 Å². The first-order chi connectivity index (χ1) is 11.5. The minimum absolute atomic E-state index is 0.494. The summed E-state index contributed by atoms with van der Waals surface area (Å²) in [7, 11) is 3.14. The summed E-state index contributed by atoms with van der Waals surface area (Å²) in [6.45, 7) is 3.76. The highest BCUT2D eigenvalue weighted by atomic mass is 16.5. The zero-order valence-electron chi connectivity index (χ0n) is 14.2. The molecular formula is C18H19N3O3. The van der Waals surface area contributed by atoms with Crippen molar-refractivity contribution in [3.63, 3.8) is 0 Å². The van der Waals surface area contributed by atoms with Crippen LogP contribution in [0.2, 0.25) is 0 Å². The van der Waals surface area contributed by atoms with Crippen LogP contribution in [0.25, 0.3) is 0 Å². The first-order valence-electron chi connectivity index (χ1n) is 7.84. The van der Waals surface area contributed by atoms with Crippen LogP contribution in [0.5, 0.6) is 0 Å². The summed E-state index contributed by atoms with van der Waals surface area (Å²) >= 11 is 0. The fraction of sp³-hybridized carbons (Fsp3) is 0.333. The van der Waals surface area contributed by atoms with E-state index >= 15 is 0 Å². The summed E-state index contributed by atoms with van der Waals surface area (Å²) in [6.07, 6.45) is 0.657. The molecule has 124 valence electrons. The molecule has 6 nitrogen and oxygen atoms in total. The minimum atomic E-state index is -0.723. The number of ketones is 1. The fourth-order valence-electron chi connectivity index (χ4n) is 2.97. The molecule has 1 aromatic heterocycles. The minimum Gasteiger partial charge on any atom is -0.361 e. The first-order valence-corrected chi connectivity index (χ1v) is 7.84. The molecule has 2 aromatic rings. The van der Waals surface area contributed by atoms with Gasteiger partial charge in [0.25, 0.3) is 5.91 Å². The Hall–Kier alpha value is -2.76. The van der Waals surface area contributed by atoms with E-state index in [1.165, 1.54) is 4.90 Å². The maximum atomic E-state index is 12.8. The number of para-hydroxylation sites is 1. The van der Waals surface area contributed by atoms with Crippen LogP contribution in [-0.2, 0) is 16.0 Å². The lowest BCUT2D eigenvalue weighted by molar-refractivity contribution is -0.142. The number of nitrogens with zero attached hydrogens (tertiary/aromatic N) is 3. The van der Waals surface area contributed by atoms with E-state index in [-0.39, 0.29) is 0 Å². The van der Waals surface area contributed by atoms with E-state index in [0.29, 0.717) is 23.6 Å². The van der Waals surface area contributed by atoms with Crippen molar-refractivity contribution in [2.24, 2.45) is 4.99 Å². The van der Waals surface area contributed by atoms with Gasteiger partial charge in [-0.25, -0.2) is 0 Å². The van der Waals surface area contributed by atoms with Gasteiger partial charge in [0.15, 0.2) is 0 Å². The molecule has 1 aliphatic rings. The van der Waals surface area contributed by atoms with Gasteiger partial charge in [-0.05, 0) is 25.0 Å². The number of benzene rings is 1. The van der Waals surface area contributed by atoms with E-state index < -0.39 is 17.6 Å². The van der Waals surface area contributed by atoms with E-state index in [9.17, 15) is 9.59 Å². The third kappa shape index (κ3) is 2.44. The van der Waals surface area contributed by atoms with Gasteiger partial charge in [0.05, 0.1) is 28.6 Å². The molecule has 1 atom stereocenters. The number of rotatable bonds is 4. The van der Waals surface area contributed by atoms with Crippen LogP contribution in [0.15, 0.2) is 33.8 Å². The molecule has 24 heavy (non-hydrogen) atoms. The van der Waals surface area contributed by atoms with E-state index in [0.717, 1.165) is 16.8 Å². The number of hydrogen-bond acceptors (Lipinski definition) is 5. The molecule has 0 unspecified atom stereocenters. The molecule has 6 heteroatoms. The standard InChI is InChI=1S/C18H19N3O3/c1-5-12-14(10(2)24-20-12)16-15(17(22)18(23)21(3)4)11-8-6-7-9-13(11)19-16/h6-9,15H,5H2,1-4H3/t15-/m0/s1. The number of aryl methyl sites for hydroxylation is 2. The summed E-state index contributed by atoms with van der Waals surface area (Å²) in [5, 5.41) is 4.05. The zero-order valence-corrected chi connectivity index (χ0v) is 14.2. The highest BCUT2D eigenvalue weighted by molar-refractivity contribution is 6.44. The van der Waals surface area contributed by atoms with Crippen molar-refractivity contribution >= 4 is 23.1 Å². The van der Waals surface area contributed by atoms with Crippen molar-refractivity contribution in [3.8, 4) is 0 Å². The Morgan fingerprint density at radius 1 is 1.25 bits per heavy atom. The molecule has 0 N–H and O–H groups in total. The average molecular weight is 325 g/mol. The predicted octanol–water partition coefficient (Wildman–Crippen LogP) is 2.42. The van der Waals surface area contributed by atoms with E-state index in [1.54, 1.807) is 21.0 Å². The van der Waals surface area contributed by atoms with Gasteiger partial charge in [0.1, 0.15) is 5.76 Å².